The summed E-state index contributed by atoms with van der Waals surface area (Å²) >= 11 is 2.05. The number of allylic oxidation sites excluding steroid dienone is 5. The van der Waals surface area contributed by atoms with Gasteiger partial charge in [0.25, 0.3) is 17.7 Å². The van der Waals surface area contributed by atoms with Crippen molar-refractivity contribution in [2.24, 2.45) is 0 Å². The van der Waals surface area contributed by atoms with Gasteiger partial charge >= 0.3 is 5.97 Å². The molecule has 14 heteroatoms. The summed E-state index contributed by atoms with van der Waals surface area (Å²) in [6, 6.07) is 0. The Bertz CT molecular complexity index is 1290. The second-order valence-corrected chi connectivity index (χ2v) is 11.7. The standard InChI is InChI=1S/C27H33IN4O7S2/c1-18(23(33)30-19(2)27(36)38-3)29-24(34)22-17-40-25(31-22)20-11-7-8-12-21(14-13-20)26(35)32(28)15-9-5-6-10-16-39-41(4)37/h7,11,13-14,17H,1-2,5-6,8-10,12,15-16H2,3-4H3,(H,29,34)(H,30,33)/b11-7-,20-13+,21-14+. The fourth-order valence-electron chi connectivity index (χ4n) is 3.39. The van der Waals surface area contributed by atoms with Crippen LogP contribution in [-0.2, 0) is 34.4 Å². The average molecular weight is 717 g/mol. The molecule has 0 fully saturated rings. The smallest absolute Gasteiger partial charge is 0.353 e. The van der Waals surface area contributed by atoms with Gasteiger partial charge in [-0.1, -0.05) is 50.3 Å². The maximum atomic E-state index is 13.0. The lowest BCUT2D eigenvalue weighted by Gasteiger charge is -2.17. The molecule has 1 atom stereocenters. The van der Waals surface area contributed by atoms with Gasteiger partial charge in [-0.25, -0.2) is 14.0 Å². The van der Waals surface area contributed by atoms with Crippen molar-refractivity contribution >= 4 is 74.5 Å². The van der Waals surface area contributed by atoms with Gasteiger partial charge in [0.15, 0.2) is 11.1 Å². The number of carbonyl (C=O) groups excluding carboxylic acids is 4. The number of hydrogen-bond acceptors (Lipinski definition) is 9. The van der Waals surface area contributed by atoms with Crippen LogP contribution in [0, 0.1) is 0 Å². The summed E-state index contributed by atoms with van der Waals surface area (Å²) in [4.78, 5) is 53.6. The quantitative estimate of drug-likeness (QED) is 0.0916. The minimum atomic E-state index is -1.24. The summed E-state index contributed by atoms with van der Waals surface area (Å²) in [7, 11) is 1.14. The molecule has 0 radical (unpaired) electrons. The maximum absolute atomic E-state index is 13.0. The second kappa shape index (κ2) is 17.8. The van der Waals surface area contributed by atoms with Crippen molar-refractivity contribution in [3.8, 4) is 0 Å². The Balaban J connectivity index is 1.96. The van der Waals surface area contributed by atoms with Crippen molar-refractivity contribution in [1.82, 2.24) is 18.7 Å². The van der Waals surface area contributed by atoms with Crippen LogP contribution in [-0.4, -0.2) is 62.5 Å². The third kappa shape index (κ3) is 11.8. The minimum absolute atomic E-state index is 0.0490. The van der Waals surface area contributed by atoms with Crippen molar-refractivity contribution in [3.05, 3.63) is 70.5 Å². The van der Waals surface area contributed by atoms with Crippen LogP contribution in [0.5, 0.6) is 0 Å². The van der Waals surface area contributed by atoms with Crippen molar-refractivity contribution in [2.45, 2.75) is 38.5 Å². The van der Waals surface area contributed by atoms with Crippen LogP contribution in [0.4, 0.5) is 0 Å². The van der Waals surface area contributed by atoms with Crippen molar-refractivity contribution in [2.75, 3.05) is 26.5 Å². The minimum Gasteiger partial charge on any atom is -0.464 e. The molecule has 0 aliphatic heterocycles. The number of esters is 1. The number of thiazole rings is 1. The van der Waals surface area contributed by atoms with Crippen molar-refractivity contribution in [3.63, 3.8) is 0 Å². The van der Waals surface area contributed by atoms with Gasteiger partial charge in [-0.2, -0.15) is 0 Å². The Morgan fingerprint density at radius 3 is 2.56 bits per heavy atom. The number of nitrogens with zero attached hydrogens (tertiary/aromatic N) is 2. The number of methoxy groups -OCH3 is 1. The molecule has 1 aliphatic carbocycles. The highest BCUT2D eigenvalue weighted by molar-refractivity contribution is 14.1. The topological polar surface area (TPSA) is 144 Å². The molecule has 0 saturated carbocycles. The SMILES string of the molecule is C=C(NC(=O)c1csc(C2=C/C=C(/C(=O)N(I)CCCCCCOS(C)=O)CC/C=C\2)n1)C(=O)NC(=C)C(=O)OC. The number of ether oxygens (including phenoxy) is 1. The van der Waals surface area contributed by atoms with Gasteiger partial charge in [0.1, 0.15) is 16.4 Å². The zero-order chi connectivity index (χ0) is 30.4. The molecule has 0 aromatic carbocycles. The van der Waals surface area contributed by atoms with Crippen LogP contribution < -0.4 is 10.6 Å². The van der Waals surface area contributed by atoms with E-state index >= 15 is 0 Å². The number of carbonyl (C=O) groups is 4. The highest BCUT2D eigenvalue weighted by Gasteiger charge is 2.19. The normalized spacial score (nSPS) is 16.9. The van der Waals surface area contributed by atoms with Crippen LogP contribution in [0.1, 0.15) is 54.0 Å². The van der Waals surface area contributed by atoms with Gasteiger partial charge in [-0.05, 0) is 25.7 Å². The fraction of sp³-hybridized carbons (Fsp3) is 0.370. The molecule has 2 rings (SSSR count). The molecule has 0 spiro atoms. The molecule has 1 aromatic heterocycles. The molecular weight excluding hydrogens is 683 g/mol. The lowest BCUT2D eigenvalue weighted by Crippen LogP contribution is -2.35. The monoisotopic (exact) mass is 716 g/mol. The third-order valence-electron chi connectivity index (χ3n) is 5.55. The van der Waals surface area contributed by atoms with Crippen LogP contribution in [0.2, 0.25) is 0 Å². The first-order valence-electron chi connectivity index (χ1n) is 12.6. The Labute approximate surface area is 260 Å². The zero-order valence-corrected chi connectivity index (χ0v) is 26.7. The van der Waals surface area contributed by atoms with Gasteiger partial charge in [0, 0.05) is 29.3 Å². The van der Waals surface area contributed by atoms with E-state index in [0.29, 0.717) is 36.6 Å². The molecule has 1 unspecified atom stereocenters. The number of amides is 3. The number of hydrogen-bond donors (Lipinski definition) is 2. The molecule has 2 N–H and O–H groups in total. The van der Waals surface area contributed by atoms with E-state index in [1.165, 1.54) is 17.6 Å². The van der Waals surface area contributed by atoms with Gasteiger partial charge < -0.3 is 15.4 Å². The molecule has 0 saturated heterocycles. The second-order valence-electron chi connectivity index (χ2n) is 8.68. The van der Waals surface area contributed by atoms with Crippen LogP contribution in [0.15, 0.2) is 59.8 Å². The molecular formula is C27H33IN4O7S2. The highest BCUT2D eigenvalue weighted by Crippen LogP contribution is 2.25. The molecule has 3 amide bonds. The van der Waals surface area contributed by atoms with E-state index in [1.54, 1.807) is 20.6 Å². The first-order chi connectivity index (χ1) is 19.5. The van der Waals surface area contributed by atoms with Crippen molar-refractivity contribution in [1.29, 1.82) is 0 Å². The number of unbranched alkanes of at least 4 members (excludes halogenated alkanes) is 3. The fourth-order valence-corrected chi connectivity index (χ4v) is 5.20. The summed E-state index contributed by atoms with van der Waals surface area (Å²) in [5.41, 5.74) is 0.899. The van der Waals surface area contributed by atoms with E-state index in [0.717, 1.165) is 38.4 Å². The van der Waals surface area contributed by atoms with Crippen LogP contribution >= 0.6 is 34.2 Å². The predicted molar refractivity (Wildman–Crippen MR) is 167 cm³/mol. The summed E-state index contributed by atoms with van der Waals surface area (Å²) < 4.78 is 22.1. The van der Waals surface area contributed by atoms with E-state index in [1.807, 2.05) is 35.0 Å². The van der Waals surface area contributed by atoms with Gasteiger partial charge in [0.05, 0.1) is 42.3 Å². The van der Waals surface area contributed by atoms with Gasteiger partial charge in [-0.15, -0.1) is 11.3 Å². The van der Waals surface area contributed by atoms with E-state index in [-0.39, 0.29) is 23.0 Å². The molecule has 1 heterocycles. The summed E-state index contributed by atoms with van der Waals surface area (Å²) in [6.45, 7) is 7.99. The largest absolute Gasteiger partial charge is 0.464 e. The van der Waals surface area contributed by atoms with Gasteiger partial charge in [0.2, 0.25) is 0 Å². The average Bonchev–Trinajstić information content (AvgIpc) is 3.41. The van der Waals surface area contributed by atoms with Crippen LogP contribution in [0.3, 0.4) is 0 Å². The molecule has 1 aliphatic rings. The van der Waals surface area contributed by atoms with E-state index < -0.39 is 28.9 Å². The molecule has 0 bridgehead atoms. The van der Waals surface area contributed by atoms with Crippen LogP contribution in [0.25, 0.3) is 5.57 Å². The number of rotatable bonds is 15. The van der Waals surface area contributed by atoms with Gasteiger partial charge in [-0.3, -0.25) is 21.7 Å². The first-order valence-corrected chi connectivity index (χ1v) is 15.9. The number of halogens is 1. The zero-order valence-electron chi connectivity index (χ0n) is 22.9. The summed E-state index contributed by atoms with van der Waals surface area (Å²) in [5.74, 6) is -2.34. The Morgan fingerprint density at radius 2 is 1.85 bits per heavy atom. The molecule has 222 valence electrons. The lowest BCUT2D eigenvalue weighted by molar-refractivity contribution is -0.137. The Kier molecular flexibility index (Phi) is 14.8. The van der Waals surface area contributed by atoms with E-state index in [2.05, 4.69) is 33.5 Å². The van der Waals surface area contributed by atoms with E-state index in [9.17, 15) is 23.4 Å². The Morgan fingerprint density at radius 1 is 1.12 bits per heavy atom. The highest BCUT2D eigenvalue weighted by atomic mass is 127. The number of nitrogens with one attached hydrogen (secondary N) is 2. The van der Waals surface area contributed by atoms with Crippen molar-refractivity contribution < 1.29 is 32.3 Å². The number of aromatic nitrogens is 1. The lowest BCUT2D eigenvalue weighted by atomic mass is 10.0. The predicted octanol–water partition coefficient (Wildman–Crippen LogP) is 3.90. The van der Waals surface area contributed by atoms with E-state index in [4.69, 9.17) is 4.18 Å². The summed E-state index contributed by atoms with van der Waals surface area (Å²) in [6.07, 6.45) is 13.8. The molecule has 1 aromatic rings. The summed E-state index contributed by atoms with van der Waals surface area (Å²) in [5, 5.41) is 6.66. The maximum Gasteiger partial charge on any atom is 0.353 e. The third-order valence-corrected chi connectivity index (χ3v) is 7.86. The molecule has 11 nitrogen and oxygen atoms in total. The molecule has 41 heavy (non-hydrogen) atoms. The Hall–Kier alpha value is -2.95. The first kappa shape index (κ1) is 34.3.